The second-order valence-electron chi connectivity index (χ2n) is 5.69. The summed E-state index contributed by atoms with van der Waals surface area (Å²) in [6.07, 6.45) is 7.06. The third kappa shape index (κ3) is 3.72. The van der Waals surface area contributed by atoms with Crippen LogP contribution in [0.15, 0.2) is 5.10 Å². The highest BCUT2D eigenvalue weighted by Crippen LogP contribution is 2.26. The lowest BCUT2D eigenvalue weighted by Gasteiger charge is -2.28. The molecule has 20 heavy (non-hydrogen) atoms. The van der Waals surface area contributed by atoms with Crippen LogP contribution in [0, 0.1) is 11.8 Å². The Morgan fingerprint density at radius 1 is 1.50 bits per heavy atom. The highest BCUT2D eigenvalue weighted by atomic mass is 16.5. The Kier molecular flexibility index (Phi) is 5.83. The fourth-order valence-corrected chi connectivity index (χ4v) is 3.11. The second-order valence-corrected chi connectivity index (χ2v) is 5.69. The molecule has 0 aromatic carbocycles. The number of cyclic esters (lactones) is 1. The maximum Gasteiger partial charge on any atom is 0.309 e. The van der Waals surface area contributed by atoms with Gasteiger partial charge in [0, 0.05) is 25.8 Å². The van der Waals surface area contributed by atoms with Crippen molar-refractivity contribution in [3.63, 3.8) is 0 Å². The number of nitrogens with zero attached hydrogens (tertiary/aromatic N) is 2. The summed E-state index contributed by atoms with van der Waals surface area (Å²) in [7, 11) is 1.73. The molecule has 0 aromatic heterocycles. The van der Waals surface area contributed by atoms with Crippen LogP contribution in [0.3, 0.4) is 0 Å². The van der Waals surface area contributed by atoms with Crippen molar-refractivity contribution in [1.82, 2.24) is 5.01 Å². The van der Waals surface area contributed by atoms with Crippen molar-refractivity contribution in [2.24, 2.45) is 16.9 Å². The largest absolute Gasteiger partial charge is 0.465 e. The SMILES string of the molecule is CCC[C@@H]1C(=O)OCC[C@H]1/C=N/N1CCC[C@H]1COC. The van der Waals surface area contributed by atoms with Gasteiger partial charge in [-0.3, -0.25) is 9.80 Å². The van der Waals surface area contributed by atoms with Gasteiger partial charge in [-0.25, -0.2) is 0 Å². The number of hydrogen-bond acceptors (Lipinski definition) is 5. The minimum absolute atomic E-state index is 0.0130. The van der Waals surface area contributed by atoms with Gasteiger partial charge in [0.1, 0.15) is 0 Å². The number of carbonyl (C=O) groups is 1. The van der Waals surface area contributed by atoms with Crippen LogP contribution in [0.2, 0.25) is 0 Å². The first-order valence-corrected chi connectivity index (χ1v) is 7.72. The Bertz CT molecular complexity index is 346. The van der Waals surface area contributed by atoms with E-state index in [0.717, 1.165) is 45.3 Å². The Hall–Kier alpha value is -1.10. The number of methoxy groups -OCH3 is 1. The lowest BCUT2D eigenvalue weighted by molar-refractivity contribution is -0.154. The van der Waals surface area contributed by atoms with E-state index in [4.69, 9.17) is 9.47 Å². The van der Waals surface area contributed by atoms with Crippen LogP contribution >= 0.6 is 0 Å². The summed E-state index contributed by atoms with van der Waals surface area (Å²) in [6.45, 7) is 4.34. The zero-order valence-electron chi connectivity index (χ0n) is 12.6. The van der Waals surface area contributed by atoms with Gasteiger partial charge in [0.25, 0.3) is 0 Å². The molecule has 3 atom stereocenters. The first kappa shape index (κ1) is 15.3. The van der Waals surface area contributed by atoms with Crippen LogP contribution in [-0.4, -0.2) is 50.1 Å². The second kappa shape index (κ2) is 7.62. The molecule has 2 fully saturated rings. The van der Waals surface area contributed by atoms with Gasteiger partial charge in [-0.05, 0) is 25.7 Å². The average molecular weight is 282 g/mol. The summed E-state index contributed by atoms with van der Waals surface area (Å²) in [4.78, 5) is 11.8. The highest BCUT2D eigenvalue weighted by Gasteiger charge is 2.32. The van der Waals surface area contributed by atoms with Crippen molar-refractivity contribution in [3.8, 4) is 0 Å². The molecule has 0 N–H and O–H groups in total. The van der Waals surface area contributed by atoms with Gasteiger partial charge in [-0.2, -0.15) is 5.10 Å². The van der Waals surface area contributed by atoms with Crippen LogP contribution in [-0.2, 0) is 14.3 Å². The molecule has 0 aromatic rings. The molecule has 2 heterocycles. The molecule has 2 aliphatic rings. The number of rotatable bonds is 6. The minimum Gasteiger partial charge on any atom is -0.465 e. The predicted molar refractivity (Wildman–Crippen MR) is 77.6 cm³/mol. The van der Waals surface area contributed by atoms with Crippen molar-refractivity contribution >= 4 is 12.2 Å². The highest BCUT2D eigenvalue weighted by molar-refractivity contribution is 5.79. The summed E-state index contributed by atoms with van der Waals surface area (Å²) in [5.74, 6) is 0.158. The number of ether oxygens (including phenoxy) is 2. The van der Waals surface area contributed by atoms with E-state index in [2.05, 4.69) is 17.0 Å². The molecule has 5 heteroatoms. The molecule has 0 saturated carbocycles. The van der Waals surface area contributed by atoms with Gasteiger partial charge < -0.3 is 9.47 Å². The topological polar surface area (TPSA) is 51.1 Å². The third-order valence-corrected chi connectivity index (χ3v) is 4.23. The quantitative estimate of drug-likeness (QED) is 0.553. The zero-order valence-corrected chi connectivity index (χ0v) is 12.6. The molecule has 2 aliphatic heterocycles. The molecule has 114 valence electrons. The Morgan fingerprint density at radius 2 is 2.35 bits per heavy atom. The van der Waals surface area contributed by atoms with E-state index in [0.29, 0.717) is 12.6 Å². The third-order valence-electron chi connectivity index (χ3n) is 4.23. The summed E-state index contributed by atoms with van der Waals surface area (Å²) in [5, 5.41) is 6.75. The van der Waals surface area contributed by atoms with Gasteiger partial charge in [0.05, 0.1) is 25.2 Å². The van der Waals surface area contributed by atoms with Crippen LogP contribution in [0.1, 0.15) is 39.0 Å². The molecule has 0 amide bonds. The van der Waals surface area contributed by atoms with E-state index in [9.17, 15) is 4.79 Å². The lowest BCUT2D eigenvalue weighted by atomic mass is 9.85. The molecular weight excluding hydrogens is 256 g/mol. The van der Waals surface area contributed by atoms with Crippen LogP contribution in [0.25, 0.3) is 0 Å². The van der Waals surface area contributed by atoms with Crippen molar-refractivity contribution in [2.75, 3.05) is 26.9 Å². The van der Waals surface area contributed by atoms with E-state index in [1.54, 1.807) is 7.11 Å². The first-order valence-electron chi connectivity index (χ1n) is 7.72. The predicted octanol–water partition coefficient (Wildman–Crippen LogP) is 2.06. The fourth-order valence-electron chi connectivity index (χ4n) is 3.11. The normalized spacial score (nSPS) is 31.0. The van der Waals surface area contributed by atoms with Gasteiger partial charge in [-0.15, -0.1) is 0 Å². The molecule has 0 radical (unpaired) electrons. The zero-order chi connectivity index (χ0) is 14.4. The lowest BCUT2D eigenvalue weighted by Crippen LogP contribution is -2.34. The molecule has 0 aliphatic carbocycles. The van der Waals surface area contributed by atoms with Crippen molar-refractivity contribution in [3.05, 3.63) is 0 Å². The van der Waals surface area contributed by atoms with Crippen molar-refractivity contribution < 1.29 is 14.3 Å². The maximum absolute atomic E-state index is 11.8. The van der Waals surface area contributed by atoms with Gasteiger partial charge >= 0.3 is 5.97 Å². The van der Waals surface area contributed by atoms with E-state index in [1.807, 2.05) is 6.21 Å². The number of hydrogen-bond donors (Lipinski definition) is 0. The molecular formula is C15H26N2O3. The Morgan fingerprint density at radius 3 is 3.10 bits per heavy atom. The number of esters is 1. The molecule has 5 nitrogen and oxygen atoms in total. The maximum atomic E-state index is 11.8. The molecule has 2 saturated heterocycles. The molecule has 2 rings (SSSR count). The van der Waals surface area contributed by atoms with Crippen molar-refractivity contribution in [1.29, 1.82) is 0 Å². The van der Waals surface area contributed by atoms with Crippen LogP contribution in [0.5, 0.6) is 0 Å². The number of carbonyl (C=O) groups excluding carboxylic acids is 1. The summed E-state index contributed by atoms with van der Waals surface area (Å²) >= 11 is 0. The van der Waals surface area contributed by atoms with E-state index >= 15 is 0 Å². The summed E-state index contributed by atoms with van der Waals surface area (Å²) in [5.41, 5.74) is 0. The molecule has 0 spiro atoms. The van der Waals surface area contributed by atoms with E-state index < -0.39 is 0 Å². The van der Waals surface area contributed by atoms with Gasteiger partial charge in [0.15, 0.2) is 0 Å². The first-order chi connectivity index (χ1) is 9.76. The minimum atomic E-state index is -0.0515. The average Bonchev–Trinajstić information content (AvgIpc) is 2.87. The number of hydrazone groups is 1. The van der Waals surface area contributed by atoms with E-state index in [1.165, 1.54) is 0 Å². The van der Waals surface area contributed by atoms with Gasteiger partial charge in [0.2, 0.25) is 0 Å². The van der Waals surface area contributed by atoms with Crippen LogP contribution < -0.4 is 0 Å². The summed E-state index contributed by atoms with van der Waals surface area (Å²) in [6, 6.07) is 0.386. The molecule has 0 unspecified atom stereocenters. The standard InChI is InChI=1S/C15H26N2O3/c1-3-5-14-12(7-9-20-15(14)18)10-16-17-8-4-6-13(17)11-19-2/h10,12-14H,3-9,11H2,1-2H3/b16-10+/t12-,13-,14-/m0/s1. The van der Waals surface area contributed by atoms with E-state index in [-0.39, 0.29) is 17.8 Å². The smallest absolute Gasteiger partial charge is 0.309 e. The Labute approximate surface area is 121 Å². The fraction of sp³-hybridized carbons (Fsp3) is 0.867. The van der Waals surface area contributed by atoms with Gasteiger partial charge in [-0.1, -0.05) is 13.3 Å². The Balaban J connectivity index is 1.95. The summed E-state index contributed by atoms with van der Waals surface area (Å²) < 4.78 is 10.4. The van der Waals surface area contributed by atoms with Crippen LogP contribution in [0.4, 0.5) is 0 Å². The molecule has 0 bridgehead atoms. The monoisotopic (exact) mass is 282 g/mol. The van der Waals surface area contributed by atoms with Crippen molar-refractivity contribution in [2.45, 2.75) is 45.1 Å².